The highest BCUT2D eigenvalue weighted by molar-refractivity contribution is 6.12. The van der Waals surface area contributed by atoms with Crippen molar-refractivity contribution in [2.45, 2.75) is 46.5 Å². The summed E-state index contributed by atoms with van der Waals surface area (Å²) in [6, 6.07) is 41.7. The first-order chi connectivity index (χ1) is 24.6. The zero-order valence-corrected chi connectivity index (χ0v) is 30.5. The molecule has 4 heteroatoms. The van der Waals surface area contributed by atoms with Crippen LogP contribution in [0.1, 0.15) is 46.5 Å². The molecular weight excluding hydrogens is 609 g/mol. The van der Waals surface area contributed by atoms with E-state index in [1.807, 2.05) is 27.1 Å². The maximum Gasteiger partial charge on any atom is 0.0541 e. The smallest absolute Gasteiger partial charge is 0.0541 e. The quantitative estimate of drug-likeness (QED) is 0.159. The Balaban J connectivity index is 0.000000239. The standard InChI is InChI=1S/C31H22N2.C8H16N2.C5H6.C2H6/c1-32-28-13-7-5-11-24(28)26-19-21(15-17-29(26)32)22-16-18-31-27(20-22)25-12-6-8-14-30(25)33(31)23-9-3-2-4-10-23;1-4-8(10-3)6-5-7-9-2;1-2-4-5-3-1;1-2/h2-20H,1H3;7H,4-6H2,1-3H3;1-4H,5H2;1-2H3. The third-order valence-corrected chi connectivity index (χ3v) is 9.06. The van der Waals surface area contributed by atoms with Gasteiger partial charge in [-0.3, -0.25) is 4.99 Å². The summed E-state index contributed by atoms with van der Waals surface area (Å²) in [4.78, 5) is 8.03. The van der Waals surface area contributed by atoms with Crippen LogP contribution in [0.15, 0.2) is 150 Å². The van der Waals surface area contributed by atoms with Crippen LogP contribution < -0.4 is 0 Å². The van der Waals surface area contributed by atoms with E-state index >= 15 is 0 Å². The van der Waals surface area contributed by atoms with E-state index < -0.39 is 0 Å². The first-order valence-electron chi connectivity index (χ1n) is 17.9. The van der Waals surface area contributed by atoms with Gasteiger partial charge >= 0.3 is 0 Å². The molecule has 0 N–H and O–H groups in total. The maximum atomic E-state index is 4.13. The van der Waals surface area contributed by atoms with Crippen LogP contribution in [0.4, 0.5) is 0 Å². The second kappa shape index (κ2) is 17.8. The number of rotatable bonds is 6. The van der Waals surface area contributed by atoms with Gasteiger partial charge < -0.3 is 14.1 Å². The lowest BCUT2D eigenvalue weighted by Gasteiger charge is -2.08. The topological polar surface area (TPSA) is 34.6 Å². The van der Waals surface area contributed by atoms with Gasteiger partial charge in [-0.2, -0.15) is 0 Å². The molecule has 0 spiro atoms. The van der Waals surface area contributed by atoms with Gasteiger partial charge in [-0.1, -0.05) is 112 Å². The van der Waals surface area contributed by atoms with Crippen LogP contribution in [0, 0.1) is 0 Å². The van der Waals surface area contributed by atoms with Crippen molar-refractivity contribution in [1.29, 1.82) is 0 Å². The summed E-state index contributed by atoms with van der Waals surface area (Å²) >= 11 is 0. The monoisotopic (exact) mass is 658 g/mol. The molecule has 7 aromatic rings. The van der Waals surface area contributed by atoms with Crippen molar-refractivity contribution in [3.8, 4) is 16.8 Å². The lowest BCUT2D eigenvalue weighted by Crippen LogP contribution is -1.95. The van der Waals surface area contributed by atoms with Crippen LogP contribution >= 0.6 is 0 Å². The van der Waals surface area contributed by atoms with Crippen molar-refractivity contribution in [3.63, 3.8) is 0 Å². The molecule has 1 aliphatic rings. The van der Waals surface area contributed by atoms with E-state index in [9.17, 15) is 0 Å². The van der Waals surface area contributed by atoms with Gasteiger partial charge in [-0.25, -0.2) is 0 Å². The highest BCUT2D eigenvalue weighted by Gasteiger charge is 2.14. The molecule has 0 amide bonds. The number of nitrogens with zero attached hydrogens (tertiary/aromatic N) is 4. The van der Waals surface area contributed by atoms with Gasteiger partial charge in [-0.15, -0.1) is 0 Å². The second-order valence-corrected chi connectivity index (χ2v) is 11.9. The fraction of sp³-hybridized carbons (Fsp3) is 0.217. The van der Waals surface area contributed by atoms with Crippen LogP contribution in [0.5, 0.6) is 0 Å². The third-order valence-electron chi connectivity index (χ3n) is 9.06. The number of benzene rings is 5. The Bertz CT molecular complexity index is 2270. The van der Waals surface area contributed by atoms with Crippen LogP contribution in [0.25, 0.3) is 60.4 Å². The molecular formula is C46H50N4. The Labute approximate surface area is 297 Å². The van der Waals surface area contributed by atoms with Crippen molar-refractivity contribution in [1.82, 2.24) is 9.13 Å². The zero-order chi connectivity index (χ0) is 35.3. The summed E-state index contributed by atoms with van der Waals surface area (Å²) in [5.74, 6) is 0. The van der Waals surface area contributed by atoms with Gasteiger partial charge in [-0.05, 0) is 91.6 Å². The van der Waals surface area contributed by atoms with Gasteiger partial charge in [0, 0.05) is 65.1 Å². The minimum Gasteiger partial charge on any atom is -0.344 e. The molecule has 0 unspecified atom stereocenters. The van der Waals surface area contributed by atoms with Gasteiger partial charge in [0.2, 0.25) is 0 Å². The Morgan fingerprint density at radius 1 is 0.640 bits per heavy atom. The van der Waals surface area contributed by atoms with Gasteiger partial charge in [0.05, 0.1) is 11.0 Å². The summed E-state index contributed by atoms with van der Waals surface area (Å²) in [6.07, 6.45) is 14.6. The predicted octanol–water partition coefficient (Wildman–Crippen LogP) is 12.6. The number of aromatic nitrogens is 2. The molecule has 8 rings (SSSR count). The van der Waals surface area contributed by atoms with Crippen LogP contribution in [-0.4, -0.2) is 35.2 Å². The summed E-state index contributed by atoms with van der Waals surface area (Å²) in [7, 11) is 5.80. The molecule has 0 saturated carbocycles. The molecule has 4 nitrogen and oxygen atoms in total. The number of hydrogen-bond donors (Lipinski definition) is 0. The molecule has 2 aromatic heterocycles. The average molecular weight is 659 g/mol. The van der Waals surface area contributed by atoms with E-state index in [4.69, 9.17) is 0 Å². The molecule has 0 fully saturated rings. The lowest BCUT2D eigenvalue weighted by molar-refractivity contribution is 1.01. The molecule has 1 aliphatic carbocycles. The number of allylic oxidation sites excluding steroid dienone is 4. The Hall–Kier alpha value is -5.48. The Morgan fingerprint density at radius 2 is 1.16 bits per heavy atom. The molecule has 0 radical (unpaired) electrons. The number of para-hydroxylation sites is 3. The van der Waals surface area contributed by atoms with E-state index in [1.165, 1.54) is 66.1 Å². The van der Waals surface area contributed by atoms with Crippen LogP contribution in [0.3, 0.4) is 0 Å². The number of aliphatic imine (C=N–C) groups is 2. The fourth-order valence-electron chi connectivity index (χ4n) is 6.55. The van der Waals surface area contributed by atoms with E-state index in [2.05, 4.69) is 173 Å². The SMILES string of the molecule is C1=CCC=C1.CC.CCC(CCC=NC)=NC.Cn1c2ccccc2c2cc(-c3ccc4c(c3)c3ccccc3n4-c3ccccc3)ccc21. The highest BCUT2D eigenvalue weighted by Crippen LogP contribution is 2.36. The van der Waals surface area contributed by atoms with Gasteiger partial charge in [0.1, 0.15) is 0 Å². The van der Waals surface area contributed by atoms with E-state index in [0.717, 1.165) is 25.7 Å². The number of hydrogen-bond acceptors (Lipinski definition) is 2. The Kier molecular flexibility index (Phi) is 12.7. The molecule has 5 aromatic carbocycles. The van der Waals surface area contributed by atoms with Crippen molar-refractivity contribution in [2.24, 2.45) is 17.0 Å². The molecule has 0 aliphatic heterocycles. The largest absolute Gasteiger partial charge is 0.344 e. The first-order valence-corrected chi connectivity index (χ1v) is 17.9. The van der Waals surface area contributed by atoms with E-state index in [1.54, 1.807) is 7.05 Å². The van der Waals surface area contributed by atoms with Crippen molar-refractivity contribution < 1.29 is 0 Å². The molecule has 2 heterocycles. The summed E-state index contributed by atoms with van der Waals surface area (Å²) in [5.41, 5.74) is 9.96. The van der Waals surface area contributed by atoms with Crippen LogP contribution in [-0.2, 0) is 7.05 Å². The van der Waals surface area contributed by atoms with E-state index in [0.29, 0.717) is 0 Å². The molecule has 0 bridgehead atoms. The highest BCUT2D eigenvalue weighted by atomic mass is 15.0. The molecule has 50 heavy (non-hydrogen) atoms. The summed E-state index contributed by atoms with van der Waals surface area (Å²) < 4.78 is 4.65. The van der Waals surface area contributed by atoms with Gasteiger partial charge in [0.15, 0.2) is 0 Å². The lowest BCUT2D eigenvalue weighted by atomic mass is 10.0. The van der Waals surface area contributed by atoms with E-state index in [-0.39, 0.29) is 0 Å². The minimum atomic E-state index is 1.02. The predicted molar refractivity (Wildman–Crippen MR) is 222 cm³/mol. The van der Waals surface area contributed by atoms with Crippen LogP contribution in [0.2, 0.25) is 0 Å². The fourth-order valence-corrected chi connectivity index (χ4v) is 6.55. The second-order valence-electron chi connectivity index (χ2n) is 11.9. The average Bonchev–Trinajstić information content (AvgIpc) is 3.94. The van der Waals surface area contributed by atoms with Crippen molar-refractivity contribution in [3.05, 3.63) is 140 Å². The normalized spacial score (nSPS) is 12.2. The molecule has 254 valence electrons. The molecule has 0 atom stereocenters. The third kappa shape index (κ3) is 7.87. The first kappa shape index (κ1) is 35.8. The summed E-state index contributed by atoms with van der Waals surface area (Å²) in [6.45, 7) is 6.13. The number of fused-ring (bicyclic) bond motifs is 6. The minimum absolute atomic E-state index is 1.02. The van der Waals surface area contributed by atoms with Crippen molar-refractivity contribution in [2.75, 3.05) is 14.1 Å². The molecule has 0 saturated heterocycles. The number of aryl methyl sites for hydroxylation is 1. The maximum absolute atomic E-state index is 4.13. The zero-order valence-electron chi connectivity index (χ0n) is 30.5. The Morgan fingerprint density at radius 3 is 1.74 bits per heavy atom. The van der Waals surface area contributed by atoms with Gasteiger partial charge in [0.25, 0.3) is 0 Å². The summed E-state index contributed by atoms with van der Waals surface area (Å²) in [5, 5.41) is 5.17. The van der Waals surface area contributed by atoms with Crippen molar-refractivity contribution >= 4 is 55.5 Å².